The van der Waals surface area contributed by atoms with Gasteiger partial charge in [0, 0.05) is 42.3 Å². The van der Waals surface area contributed by atoms with Crippen LogP contribution in [0.1, 0.15) is 18.1 Å². The van der Waals surface area contributed by atoms with Crippen molar-refractivity contribution in [3.8, 4) is 11.1 Å². The number of hydrogen-bond donors (Lipinski definition) is 3. The maximum absolute atomic E-state index is 15.2. The molecule has 260 valence electrons. The van der Waals surface area contributed by atoms with E-state index in [1.54, 1.807) is 19.1 Å². The smallest absolute Gasteiger partial charge is 0.442 e. The Morgan fingerprint density at radius 1 is 1.00 bits per heavy atom. The second-order valence-corrected chi connectivity index (χ2v) is 12.6. The predicted octanol–water partition coefficient (Wildman–Crippen LogP) is 7.04. The minimum atomic E-state index is -4.73. The zero-order chi connectivity index (χ0) is 35.8. The third-order valence-electron chi connectivity index (χ3n) is 6.73. The summed E-state index contributed by atoms with van der Waals surface area (Å²) >= 11 is 0. The number of hydrogen-bond acceptors (Lipinski definition) is 9. The number of halogens is 5. The minimum Gasteiger partial charge on any atom is -0.448 e. The Kier molecular flexibility index (Phi) is 11.8. The Bertz CT molecular complexity index is 1950. The first-order chi connectivity index (χ1) is 23.2. The number of carbonyl (C=O) groups excluding carboxylic acids is 2. The van der Waals surface area contributed by atoms with Crippen LogP contribution in [0.2, 0.25) is 0 Å². The molecule has 4 aromatic rings. The number of aromatic nitrogens is 2. The molecule has 0 aliphatic carbocycles. The van der Waals surface area contributed by atoms with Crippen LogP contribution in [0, 0.1) is 11.6 Å². The van der Waals surface area contributed by atoms with Gasteiger partial charge in [0.2, 0.25) is 11.9 Å². The molecular weight excluding hydrogens is 675 g/mol. The highest BCUT2D eigenvalue weighted by molar-refractivity contribution is 7.93. The largest absolute Gasteiger partial charge is 0.448 e. The zero-order valence-corrected chi connectivity index (χ0v) is 27.2. The molecule has 0 saturated heterocycles. The maximum Gasteiger partial charge on any atom is 0.442 e. The van der Waals surface area contributed by atoms with Crippen LogP contribution in [-0.2, 0) is 36.6 Å². The summed E-state index contributed by atoms with van der Waals surface area (Å²) < 4.78 is 94.7. The molecule has 1 heterocycles. The van der Waals surface area contributed by atoms with Gasteiger partial charge in [-0.25, -0.2) is 22.8 Å². The van der Waals surface area contributed by atoms with Gasteiger partial charge in [-0.3, -0.25) is 4.79 Å². The van der Waals surface area contributed by atoms with Gasteiger partial charge in [-0.15, -0.1) is 4.36 Å². The number of alkyl halides is 3. The molecule has 0 aliphatic rings. The number of rotatable bonds is 12. The van der Waals surface area contributed by atoms with E-state index in [-0.39, 0.29) is 18.2 Å². The third-order valence-corrected chi connectivity index (χ3v) is 8.37. The average molecular weight is 707 g/mol. The van der Waals surface area contributed by atoms with E-state index in [9.17, 15) is 31.4 Å². The summed E-state index contributed by atoms with van der Waals surface area (Å²) in [5, 5.41) is 8.37. The summed E-state index contributed by atoms with van der Waals surface area (Å²) in [6.07, 6.45) is -3.66. The normalized spacial score (nSPS) is 12.5. The lowest BCUT2D eigenvalue weighted by atomic mass is 10.1. The standard InChI is InChI=1S/C32H31F5N6O5S/c1-4-48-31(45)43-49(3,46)23-9-7-22(8-10-23)40-30-39-18-24(29(42-30)38-13-14-47-2)19-5-12-27(26(34)16-19)41-28(44)17-20-15-21(32(35,36)37)6-11-25(20)33/h5-12,15-16,18H,4,13-14,17H2,1-3H3,(H,41,44)(H2,38,39,40,42). The predicted molar refractivity (Wildman–Crippen MR) is 173 cm³/mol. The Morgan fingerprint density at radius 3 is 2.39 bits per heavy atom. The first-order valence-corrected chi connectivity index (χ1v) is 16.4. The van der Waals surface area contributed by atoms with Crippen LogP contribution in [0.5, 0.6) is 0 Å². The van der Waals surface area contributed by atoms with E-state index in [0.717, 1.165) is 6.07 Å². The first-order valence-electron chi connectivity index (χ1n) is 14.5. The van der Waals surface area contributed by atoms with Crippen LogP contribution < -0.4 is 16.0 Å². The molecule has 2 amide bonds. The second kappa shape index (κ2) is 15.8. The van der Waals surface area contributed by atoms with Crippen molar-refractivity contribution in [1.82, 2.24) is 9.97 Å². The summed E-state index contributed by atoms with van der Waals surface area (Å²) in [4.78, 5) is 33.3. The van der Waals surface area contributed by atoms with E-state index in [1.807, 2.05) is 0 Å². The second-order valence-electron chi connectivity index (χ2n) is 10.3. The summed E-state index contributed by atoms with van der Waals surface area (Å²) in [6.45, 7) is 2.34. The molecule has 0 radical (unpaired) electrons. The lowest BCUT2D eigenvalue weighted by molar-refractivity contribution is -0.137. The Hall–Kier alpha value is -5.16. The van der Waals surface area contributed by atoms with Crippen LogP contribution >= 0.6 is 0 Å². The molecular formula is C32H31F5N6O5S. The minimum absolute atomic E-state index is 0.0959. The number of nitrogens with one attached hydrogen (secondary N) is 3. The number of ether oxygens (including phenoxy) is 2. The molecule has 0 fully saturated rings. The fourth-order valence-electron chi connectivity index (χ4n) is 4.36. The monoisotopic (exact) mass is 706 g/mol. The van der Waals surface area contributed by atoms with Crippen molar-refractivity contribution in [2.45, 2.75) is 24.4 Å². The Labute approximate surface area is 278 Å². The van der Waals surface area contributed by atoms with E-state index in [4.69, 9.17) is 9.47 Å². The number of benzene rings is 3. The number of amides is 2. The average Bonchev–Trinajstić information content (AvgIpc) is 3.03. The van der Waals surface area contributed by atoms with Crippen LogP contribution in [0.3, 0.4) is 0 Å². The number of carbonyl (C=O) groups is 2. The van der Waals surface area contributed by atoms with Crippen molar-refractivity contribution >= 4 is 44.9 Å². The van der Waals surface area contributed by atoms with Crippen LogP contribution in [-0.4, -0.2) is 59.3 Å². The van der Waals surface area contributed by atoms with Crippen molar-refractivity contribution in [1.29, 1.82) is 0 Å². The highest BCUT2D eigenvalue weighted by Gasteiger charge is 2.31. The van der Waals surface area contributed by atoms with Gasteiger partial charge in [0.05, 0.1) is 40.6 Å². The summed E-state index contributed by atoms with van der Waals surface area (Å²) in [6, 6.07) is 11.8. The number of methoxy groups -OCH3 is 1. The van der Waals surface area contributed by atoms with Crippen molar-refractivity contribution in [2.75, 3.05) is 49.1 Å². The molecule has 11 nitrogen and oxygen atoms in total. The topological polar surface area (TPSA) is 144 Å². The van der Waals surface area contributed by atoms with E-state index < -0.39 is 57.1 Å². The SMILES string of the molecule is CCOC(=O)N=S(C)(=O)c1ccc(Nc2ncc(-c3ccc(NC(=O)Cc4cc(C(F)(F)F)ccc4F)c(F)c3)c(NCCOC)n2)cc1. The molecule has 1 aromatic heterocycles. The third kappa shape index (κ3) is 9.93. The quantitative estimate of drug-likeness (QED) is 0.104. The summed E-state index contributed by atoms with van der Waals surface area (Å²) in [5.74, 6) is -2.35. The van der Waals surface area contributed by atoms with E-state index >= 15 is 4.39 Å². The molecule has 0 bridgehead atoms. The van der Waals surface area contributed by atoms with Gasteiger partial charge in [-0.05, 0) is 72.6 Å². The van der Waals surface area contributed by atoms with Gasteiger partial charge in [0.15, 0.2) is 0 Å². The molecule has 0 aliphatic heterocycles. The Morgan fingerprint density at radius 2 is 1.73 bits per heavy atom. The van der Waals surface area contributed by atoms with Gasteiger partial charge in [0.1, 0.15) is 17.5 Å². The van der Waals surface area contributed by atoms with Crippen molar-refractivity contribution < 1.29 is 45.2 Å². The Balaban J connectivity index is 1.52. The van der Waals surface area contributed by atoms with Crippen LogP contribution in [0.25, 0.3) is 11.1 Å². The fourth-order valence-corrected chi connectivity index (χ4v) is 5.45. The molecule has 49 heavy (non-hydrogen) atoms. The van der Waals surface area contributed by atoms with E-state index in [1.165, 1.54) is 43.8 Å². The van der Waals surface area contributed by atoms with Gasteiger partial charge in [0.25, 0.3) is 0 Å². The molecule has 1 atom stereocenters. The summed E-state index contributed by atoms with van der Waals surface area (Å²) in [5.41, 5.74) is -0.669. The van der Waals surface area contributed by atoms with Crippen molar-refractivity contribution in [3.63, 3.8) is 0 Å². The van der Waals surface area contributed by atoms with Crippen molar-refractivity contribution in [3.05, 3.63) is 89.6 Å². The lowest BCUT2D eigenvalue weighted by Gasteiger charge is -2.14. The highest BCUT2D eigenvalue weighted by Crippen LogP contribution is 2.32. The summed E-state index contributed by atoms with van der Waals surface area (Å²) in [7, 11) is -1.54. The molecule has 17 heteroatoms. The molecule has 0 saturated carbocycles. The van der Waals surface area contributed by atoms with Crippen molar-refractivity contribution in [2.24, 2.45) is 4.36 Å². The highest BCUT2D eigenvalue weighted by atomic mass is 32.2. The molecule has 4 rings (SSSR count). The van der Waals surface area contributed by atoms with E-state index in [2.05, 4.69) is 30.3 Å². The lowest BCUT2D eigenvalue weighted by Crippen LogP contribution is -2.17. The molecule has 1 unspecified atom stereocenters. The van der Waals surface area contributed by atoms with Gasteiger partial charge >= 0.3 is 12.3 Å². The van der Waals surface area contributed by atoms with Crippen LogP contribution in [0.15, 0.2) is 76.1 Å². The molecule has 0 spiro atoms. The van der Waals surface area contributed by atoms with E-state index in [0.29, 0.717) is 58.9 Å². The number of anilines is 4. The van der Waals surface area contributed by atoms with Crippen LogP contribution in [0.4, 0.5) is 49.9 Å². The molecule has 3 aromatic carbocycles. The zero-order valence-electron chi connectivity index (χ0n) is 26.4. The molecule has 3 N–H and O–H groups in total. The number of nitrogens with zero attached hydrogens (tertiary/aromatic N) is 3. The first kappa shape index (κ1) is 36.7. The van der Waals surface area contributed by atoms with Gasteiger partial charge in [-0.1, -0.05) is 6.07 Å². The van der Waals surface area contributed by atoms with Gasteiger partial charge in [-0.2, -0.15) is 18.2 Å². The maximum atomic E-state index is 15.2. The fraction of sp³-hybridized carbons (Fsp3) is 0.250. The van der Waals surface area contributed by atoms with Gasteiger partial charge < -0.3 is 25.4 Å².